The van der Waals surface area contributed by atoms with Crippen LogP contribution in [0.1, 0.15) is 49.4 Å². The lowest BCUT2D eigenvalue weighted by Gasteiger charge is -2.37. The van der Waals surface area contributed by atoms with Crippen molar-refractivity contribution < 1.29 is 30.2 Å². The molecule has 2 fully saturated rings. The number of piperidine rings is 2. The summed E-state index contributed by atoms with van der Waals surface area (Å²) in [5, 5.41) is 37.0. The Morgan fingerprint density at radius 3 is 1.10 bits per heavy atom. The van der Waals surface area contributed by atoms with Gasteiger partial charge in [-0.25, -0.2) is 0 Å². The molecule has 6 N–H and O–H groups in total. The minimum Gasteiger partial charge on any atom is -0.364 e. The Morgan fingerprint density at radius 2 is 0.833 bits per heavy atom. The van der Waals surface area contributed by atoms with E-state index < -0.39 is 12.6 Å². The van der Waals surface area contributed by atoms with E-state index in [1.165, 1.54) is 46.9 Å². The molecule has 6 nitrogen and oxygen atoms in total. The van der Waals surface area contributed by atoms with Crippen molar-refractivity contribution in [3.05, 3.63) is 59.7 Å². The largest absolute Gasteiger partial charge is 0.364 e. The van der Waals surface area contributed by atoms with Crippen LogP contribution in [0.3, 0.4) is 0 Å². The normalized spacial score (nSPS) is 27.5. The average molecular weight is 415 g/mol. The molecule has 4 rings (SSSR count). The van der Waals surface area contributed by atoms with Crippen LogP contribution in [-0.2, 0) is 0 Å². The van der Waals surface area contributed by atoms with Gasteiger partial charge in [-0.1, -0.05) is 0 Å². The molecule has 2 aromatic carbocycles. The standard InChI is InChI=1S/C24H32N2O4/c27-23(28)19-1-5-21(6-2-19)25-13-9-17(10-14-25)18-11-15-26(16-12-18)22-7-3-20(4-8-22)24(29)30/h1-8,17-18,23-24,27-30H,9-16H2/p+2. The molecule has 0 unspecified atom stereocenters. The number of benzene rings is 2. The van der Waals surface area contributed by atoms with Crippen molar-refractivity contribution in [3.8, 4) is 0 Å². The van der Waals surface area contributed by atoms with Gasteiger partial charge in [-0.2, -0.15) is 0 Å². The molecule has 30 heavy (non-hydrogen) atoms. The number of rotatable bonds is 5. The fraction of sp³-hybridized carbons (Fsp3) is 0.500. The maximum absolute atomic E-state index is 9.26. The van der Waals surface area contributed by atoms with E-state index in [4.69, 9.17) is 0 Å². The van der Waals surface area contributed by atoms with Gasteiger partial charge < -0.3 is 30.2 Å². The lowest BCUT2D eigenvalue weighted by Crippen LogP contribution is -3.09. The van der Waals surface area contributed by atoms with E-state index >= 15 is 0 Å². The number of aliphatic hydroxyl groups is 4. The molecule has 0 saturated carbocycles. The van der Waals surface area contributed by atoms with Crippen molar-refractivity contribution in [3.63, 3.8) is 0 Å². The number of hydrogen-bond donors (Lipinski definition) is 6. The SMILES string of the molecule is OC(O)c1ccc([NH+]2CCC(C3CC[NH+](c4ccc(C(O)O)cc4)CC3)CC2)cc1. The van der Waals surface area contributed by atoms with E-state index in [1.54, 1.807) is 0 Å². The number of quaternary nitrogens is 2. The molecule has 2 heterocycles. The molecule has 0 aromatic heterocycles. The molecule has 0 aliphatic carbocycles. The van der Waals surface area contributed by atoms with Gasteiger partial charge in [0.1, 0.15) is 11.4 Å². The van der Waals surface area contributed by atoms with E-state index in [1.807, 2.05) is 48.5 Å². The fourth-order valence-corrected chi connectivity index (χ4v) is 5.28. The Kier molecular flexibility index (Phi) is 6.83. The maximum atomic E-state index is 9.26. The van der Waals surface area contributed by atoms with Crippen LogP contribution in [0, 0.1) is 11.8 Å². The van der Waals surface area contributed by atoms with E-state index in [2.05, 4.69) is 0 Å². The average Bonchev–Trinajstić information content (AvgIpc) is 2.79. The second kappa shape index (κ2) is 9.56. The summed E-state index contributed by atoms with van der Waals surface area (Å²) in [6, 6.07) is 15.3. The minimum absolute atomic E-state index is 0.546. The zero-order valence-electron chi connectivity index (χ0n) is 17.4. The summed E-state index contributed by atoms with van der Waals surface area (Å²) >= 11 is 0. The Balaban J connectivity index is 1.26. The van der Waals surface area contributed by atoms with Crippen molar-refractivity contribution in [2.24, 2.45) is 11.8 Å². The van der Waals surface area contributed by atoms with Gasteiger partial charge >= 0.3 is 0 Å². The molecule has 0 bridgehead atoms. The fourth-order valence-electron chi connectivity index (χ4n) is 5.28. The van der Waals surface area contributed by atoms with Crippen LogP contribution < -0.4 is 9.80 Å². The maximum Gasteiger partial charge on any atom is 0.178 e. The van der Waals surface area contributed by atoms with Crippen LogP contribution in [0.4, 0.5) is 11.4 Å². The van der Waals surface area contributed by atoms with Crippen molar-refractivity contribution in [1.29, 1.82) is 0 Å². The van der Waals surface area contributed by atoms with Crippen molar-refractivity contribution >= 4 is 11.4 Å². The van der Waals surface area contributed by atoms with Crippen LogP contribution in [0.2, 0.25) is 0 Å². The molecule has 2 aliphatic rings. The summed E-state index contributed by atoms with van der Waals surface area (Å²) in [6.45, 7) is 4.57. The first kappa shape index (κ1) is 21.4. The molecule has 0 amide bonds. The van der Waals surface area contributed by atoms with Crippen LogP contribution in [-0.4, -0.2) is 46.6 Å². The summed E-state index contributed by atoms with van der Waals surface area (Å²) in [4.78, 5) is 3.00. The first-order chi connectivity index (χ1) is 14.5. The third-order valence-electron chi connectivity index (χ3n) is 7.17. The smallest absolute Gasteiger partial charge is 0.178 e. The van der Waals surface area contributed by atoms with Crippen LogP contribution in [0.5, 0.6) is 0 Å². The summed E-state index contributed by atoms with van der Waals surface area (Å²) in [6.07, 6.45) is 2.22. The van der Waals surface area contributed by atoms with Crippen molar-refractivity contribution in [2.75, 3.05) is 26.2 Å². The third-order valence-corrected chi connectivity index (χ3v) is 7.17. The van der Waals surface area contributed by atoms with Crippen LogP contribution in [0.25, 0.3) is 0 Å². The van der Waals surface area contributed by atoms with Crippen molar-refractivity contribution in [2.45, 2.75) is 38.3 Å². The number of nitrogens with one attached hydrogen (secondary N) is 2. The molecular formula is C24H34N2O4+2. The Bertz CT molecular complexity index is 721. The molecule has 162 valence electrons. The van der Waals surface area contributed by atoms with Gasteiger partial charge in [0.15, 0.2) is 12.6 Å². The van der Waals surface area contributed by atoms with Crippen LogP contribution in [0.15, 0.2) is 48.5 Å². The summed E-state index contributed by atoms with van der Waals surface area (Å²) in [5.74, 6) is 1.61. The molecule has 2 aromatic rings. The van der Waals surface area contributed by atoms with E-state index in [0.717, 1.165) is 38.0 Å². The quantitative estimate of drug-likeness (QED) is 0.395. The molecule has 0 spiro atoms. The Hall–Kier alpha value is -1.80. The zero-order chi connectivity index (χ0) is 21.1. The summed E-state index contributed by atoms with van der Waals surface area (Å²) in [5.41, 5.74) is 3.58. The summed E-state index contributed by atoms with van der Waals surface area (Å²) < 4.78 is 0. The van der Waals surface area contributed by atoms with Crippen LogP contribution >= 0.6 is 0 Å². The van der Waals surface area contributed by atoms with Gasteiger partial charge in [0.2, 0.25) is 0 Å². The van der Waals surface area contributed by atoms with Crippen molar-refractivity contribution in [1.82, 2.24) is 0 Å². The van der Waals surface area contributed by atoms with Gasteiger partial charge in [0.25, 0.3) is 0 Å². The molecule has 6 heteroatoms. The first-order valence-corrected chi connectivity index (χ1v) is 11.1. The Labute approximate surface area is 178 Å². The van der Waals surface area contributed by atoms with Gasteiger partial charge in [0, 0.05) is 36.8 Å². The second-order valence-corrected chi connectivity index (χ2v) is 8.87. The molecule has 2 aliphatic heterocycles. The molecule has 0 atom stereocenters. The van der Waals surface area contributed by atoms with E-state index in [9.17, 15) is 20.4 Å². The molecule has 0 radical (unpaired) electrons. The highest BCUT2D eigenvalue weighted by Crippen LogP contribution is 2.28. The molecular weight excluding hydrogens is 380 g/mol. The minimum atomic E-state index is -1.40. The van der Waals surface area contributed by atoms with E-state index in [0.29, 0.717) is 11.1 Å². The van der Waals surface area contributed by atoms with Gasteiger partial charge in [-0.05, 0) is 60.4 Å². The first-order valence-electron chi connectivity index (χ1n) is 11.1. The third kappa shape index (κ3) is 4.91. The highest BCUT2D eigenvalue weighted by molar-refractivity contribution is 5.33. The summed E-state index contributed by atoms with van der Waals surface area (Å²) in [7, 11) is 0. The zero-order valence-corrected chi connectivity index (χ0v) is 17.4. The van der Waals surface area contributed by atoms with Gasteiger partial charge in [0.05, 0.1) is 26.2 Å². The predicted octanol–water partition coefficient (Wildman–Crippen LogP) is 0.206. The van der Waals surface area contributed by atoms with Gasteiger partial charge in [-0.15, -0.1) is 0 Å². The predicted molar refractivity (Wildman–Crippen MR) is 113 cm³/mol. The number of hydrogen-bond acceptors (Lipinski definition) is 4. The number of aliphatic hydroxyl groups excluding tert-OH is 2. The van der Waals surface area contributed by atoms with E-state index in [-0.39, 0.29) is 0 Å². The second-order valence-electron chi connectivity index (χ2n) is 8.87. The monoisotopic (exact) mass is 414 g/mol. The highest BCUT2D eigenvalue weighted by atomic mass is 16.5. The van der Waals surface area contributed by atoms with Gasteiger partial charge in [-0.3, -0.25) is 0 Å². The topological polar surface area (TPSA) is 89.8 Å². The highest BCUT2D eigenvalue weighted by Gasteiger charge is 2.33. The lowest BCUT2D eigenvalue weighted by molar-refractivity contribution is -0.844. The molecule has 2 saturated heterocycles. The lowest BCUT2D eigenvalue weighted by atomic mass is 9.78. The Morgan fingerprint density at radius 1 is 0.533 bits per heavy atom.